The van der Waals surface area contributed by atoms with Gasteiger partial charge in [-0.1, -0.05) is 6.92 Å². The number of carbonyl (C=O) groups excluding carboxylic acids is 1. The van der Waals surface area contributed by atoms with Crippen LogP contribution >= 0.6 is 0 Å². The molecule has 1 fully saturated rings. The number of methoxy groups -OCH3 is 1. The van der Waals surface area contributed by atoms with Crippen molar-refractivity contribution in [1.29, 1.82) is 0 Å². The molecule has 0 bridgehead atoms. The predicted octanol–water partition coefficient (Wildman–Crippen LogP) is 1.38. The van der Waals surface area contributed by atoms with Crippen molar-refractivity contribution in [2.45, 2.75) is 13.3 Å². The summed E-state index contributed by atoms with van der Waals surface area (Å²) < 4.78 is 4.96. The maximum absolute atomic E-state index is 12.1. The maximum atomic E-state index is 12.1. The van der Waals surface area contributed by atoms with Crippen LogP contribution in [-0.2, 0) is 0 Å². The second-order valence-electron chi connectivity index (χ2n) is 5.33. The third kappa shape index (κ3) is 3.42. The molecular formula is C15H22N2O3. The summed E-state index contributed by atoms with van der Waals surface area (Å²) in [6, 6.07) is 4.67. The van der Waals surface area contributed by atoms with Crippen LogP contribution in [0.2, 0.25) is 0 Å². The highest BCUT2D eigenvalue weighted by Gasteiger charge is 2.21. The Morgan fingerprint density at radius 3 is 3.00 bits per heavy atom. The summed E-state index contributed by atoms with van der Waals surface area (Å²) in [5.41, 5.74) is 0.444. The molecule has 20 heavy (non-hydrogen) atoms. The van der Waals surface area contributed by atoms with Crippen molar-refractivity contribution in [2.75, 3.05) is 26.7 Å². The minimum absolute atomic E-state index is 0.0205. The van der Waals surface area contributed by atoms with Gasteiger partial charge in [-0.3, -0.25) is 4.79 Å². The van der Waals surface area contributed by atoms with Crippen LogP contribution in [0.5, 0.6) is 11.5 Å². The highest BCUT2D eigenvalue weighted by molar-refractivity contribution is 5.94. The van der Waals surface area contributed by atoms with Gasteiger partial charge in [-0.2, -0.15) is 0 Å². The Hall–Kier alpha value is -1.75. The lowest BCUT2D eigenvalue weighted by atomic mass is 9.88. The standard InChI is InChI=1S/C15H22N2O3/c1-10-5-6-16-8-12(10)9-17-15(19)11-3-4-14(20-2)13(18)7-11/h3-4,7,10,12,16,18H,5-6,8-9H2,1-2H3,(H,17,19). The van der Waals surface area contributed by atoms with E-state index in [9.17, 15) is 9.90 Å². The van der Waals surface area contributed by atoms with E-state index in [1.54, 1.807) is 12.1 Å². The van der Waals surface area contributed by atoms with Gasteiger partial charge in [-0.25, -0.2) is 0 Å². The number of phenolic OH excluding ortho intramolecular Hbond substituents is 1. The summed E-state index contributed by atoms with van der Waals surface area (Å²) >= 11 is 0. The molecule has 1 aromatic carbocycles. The Labute approximate surface area is 119 Å². The zero-order valence-corrected chi connectivity index (χ0v) is 12.0. The average molecular weight is 278 g/mol. The van der Waals surface area contributed by atoms with E-state index in [1.807, 2.05) is 0 Å². The summed E-state index contributed by atoms with van der Waals surface area (Å²) in [5.74, 6) is 1.25. The zero-order chi connectivity index (χ0) is 14.5. The molecule has 0 saturated carbocycles. The van der Waals surface area contributed by atoms with Crippen LogP contribution in [0.4, 0.5) is 0 Å². The lowest BCUT2D eigenvalue weighted by molar-refractivity contribution is 0.0938. The number of aromatic hydroxyl groups is 1. The Balaban J connectivity index is 1.93. The first-order valence-corrected chi connectivity index (χ1v) is 6.97. The summed E-state index contributed by atoms with van der Waals surface area (Å²) in [6.07, 6.45) is 1.14. The van der Waals surface area contributed by atoms with Gasteiger partial charge >= 0.3 is 0 Å². The van der Waals surface area contributed by atoms with E-state index < -0.39 is 0 Å². The molecule has 0 aliphatic carbocycles. The first-order valence-electron chi connectivity index (χ1n) is 6.97. The molecule has 0 aromatic heterocycles. The summed E-state index contributed by atoms with van der Waals surface area (Å²) in [4.78, 5) is 12.1. The SMILES string of the molecule is COc1ccc(C(=O)NCC2CNCCC2C)cc1O. The fourth-order valence-corrected chi connectivity index (χ4v) is 2.48. The van der Waals surface area contributed by atoms with Crippen molar-refractivity contribution >= 4 is 5.91 Å². The van der Waals surface area contributed by atoms with Gasteiger partial charge < -0.3 is 20.5 Å². The number of amides is 1. The van der Waals surface area contributed by atoms with Crippen LogP contribution < -0.4 is 15.4 Å². The van der Waals surface area contributed by atoms with E-state index in [-0.39, 0.29) is 11.7 Å². The van der Waals surface area contributed by atoms with Crippen LogP contribution in [0.1, 0.15) is 23.7 Å². The lowest BCUT2D eigenvalue weighted by Crippen LogP contribution is -2.42. The number of phenols is 1. The molecule has 110 valence electrons. The minimum atomic E-state index is -0.166. The number of nitrogens with one attached hydrogen (secondary N) is 2. The van der Waals surface area contributed by atoms with Crippen molar-refractivity contribution in [3.63, 3.8) is 0 Å². The maximum Gasteiger partial charge on any atom is 0.251 e. The van der Waals surface area contributed by atoms with E-state index in [0.29, 0.717) is 29.7 Å². The first kappa shape index (κ1) is 14.7. The number of hydrogen-bond donors (Lipinski definition) is 3. The van der Waals surface area contributed by atoms with Gasteiger partial charge in [0.25, 0.3) is 5.91 Å². The number of hydrogen-bond acceptors (Lipinski definition) is 4. The van der Waals surface area contributed by atoms with Gasteiger partial charge in [0.2, 0.25) is 0 Å². The van der Waals surface area contributed by atoms with Gasteiger partial charge in [0, 0.05) is 12.1 Å². The van der Waals surface area contributed by atoms with Crippen molar-refractivity contribution in [1.82, 2.24) is 10.6 Å². The van der Waals surface area contributed by atoms with E-state index in [0.717, 1.165) is 19.5 Å². The molecule has 2 rings (SSSR count). The van der Waals surface area contributed by atoms with E-state index in [2.05, 4.69) is 17.6 Å². The fraction of sp³-hybridized carbons (Fsp3) is 0.533. The third-order valence-electron chi connectivity index (χ3n) is 3.95. The van der Waals surface area contributed by atoms with Crippen LogP contribution in [0.15, 0.2) is 18.2 Å². The third-order valence-corrected chi connectivity index (χ3v) is 3.95. The first-order chi connectivity index (χ1) is 9.61. The smallest absolute Gasteiger partial charge is 0.251 e. The van der Waals surface area contributed by atoms with Crippen LogP contribution in [0.3, 0.4) is 0 Å². The van der Waals surface area contributed by atoms with Crippen LogP contribution in [0.25, 0.3) is 0 Å². The largest absolute Gasteiger partial charge is 0.504 e. The van der Waals surface area contributed by atoms with Crippen molar-refractivity contribution in [3.05, 3.63) is 23.8 Å². The van der Waals surface area contributed by atoms with Gasteiger partial charge in [0.05, 0.1) is 7.11 Å². The molecule has 2 atom stereocenters. The predicted molar refractivity (Wildman–Crippen MR) is 77.1 cm³/mol. The Kier molecular flexibility index (Phi) is 4.84. The second-order valence-corrected chi connectivity index (χ2v) is 5.33. The summed E-state index contributed by atoms with van der Waals surface area (Å²) in [7, 11) is 1.48. The molecule has 0 radical (unpaired) electrons. The van der Waals surface area contributed by atoms with E-state index >= 15 is 0 Å². The fourth-order valence-electron chi connectivity index (χ4n) is 2.48. The normalized spacial score (nSPS) is 22.3. The lowest BCUT2D eigenvalue weighted by Gasteiger charge is -2.29. The number of benzene rings is 1. The molecule has 1 saturated heterocycles. The van der Waals surface area contributed by atoms with Crippen LogP contribution in [0, 0.1) is 11.8 Å². The Morgan fingerprint density at radius 2 is 2.35 bits per heavy atom. The van der Waals surface area contributed by atoms with Crippen molar-refractivity contribution < 1.29 is 14.6 Å². The Bertz CT molecular complexity index is 476. The molecule has 1 aromatic rings. The minimum Gasteiger partial charge on any atom is -0.504 e. The molecule has 3 N–H and O–H groups in total. The molecular weight excluding hydrogens is 256 g/mol. The quantitative estimate of drug-likeness (QED) is 0.778. The van der Waals surface area contributed by atoms with Gasteiger partial charge in [-0.15, -0.1) is 0 Å². The number of ether oxygens (including phenoxy) is 1. The number of rotatable bonds is 4. The number of carbonyl (C=O) groups is 1. The monoisotopic (exact) mass is 278 g/mol. The zero-order valence-electron chi connectivity index (χ0n) is 12.0. The van der Waals surface area contributed by atoms with E-state index in [4.69, 9.17) is 4.74 Å². The molecule has 1 heterocycles. The van der Waals surface area contributed by atoms with Crippen molar-refractivity contribution in [3.8, 4) is 11.5 Å². The van der Waals surface area contributed by atoms with Crippen LogP contribution in [-0.4, -0.2) is 37.8 Å². The highest BCUT2D eigenvalue weighted by Crippen LogP contribution is 2.26. The van der Waals surface area contributed by atoms with Gasteiger partial charge in [0.15, 0.2) is 11.5 Å². The van der Waals surface area contributed by atoms with Crippen molar-refractivity contribution in [2.24, 2.45) is 11.8 Å². The Morgan fingerprint density at radius 1 is 1.55 bits per heavy atom. The molecule has 5 heteroatoms. The molecule has 0 spiro atoms. The number of piperidine rings is 1. The van der Waals surface area contributed by atoms with E-state index in [1.165, 1.54) is 13.2 Å². The molecule has 5 nitrogen and oxygen atoms in total. The molecule has 1 aliphatic heterocycles. The topological polar surface area (TPSA) is 70.6 Å². The summed E-state index contributed by atoms with van der Waals surface area (Å²) in [5, 5.41) is 16.0. The summed E-state index contributed by atoms with van der Waals surface area (Å²) in [6.45, 7) is 4.87. The van der Waals surface area contributed by atoms with Gasteiger partial charge in [-0.05, 0) is 49.5 Å². The highest BCUT2D eigenvalue weighted by atomic mass is 16.5. The molecule has 1 amide bonds. The molecule has 1 aliphatic rings. The molecule has 2 unspecified atom stereocenters. The second kappa shape index (κ2) is 6.61. The average Bonchev–Trinajstić information content (AvgIpc) is 2.46. The van der Waals surface area contributed by atoms with Gasteiger partial charge in [0.1, 0.15) is 0 Å².